The minimum absolute atomic E-state index is 0.0153. The summed E-state index contributed by atoms with van der Waals surface area (Å²) < 4.78 is 6.02. The van der Waals surface area contributed by atoms with Crippen LogP contribution >= 0.6 is 0 Å². The summed E-state index contributed by atoms with van der Waals surface area (Å²) in [6.07, 6.45) is 2.57. The molecule has 2 aromatic heterocycles. The molecule has 19 heavy (non-hydrogen) atoms. The molecule has 0 aliphatic rings. The number of esters is 1. The third-order valence-electron chi connectivity index (χ3n) is 2.59. The first-order valence-electron chi connectivity index (χ1n) is 5.74. The second-order valence-electron chi connectivity index (χ2n) is 3.90. The molecule has 0 N–H and O–H groups in total. The lowest BCUT2D eigenvalue weighted by Gasteiger charge is -2.05. The zero-order valence-corrected chi connectivity index (χ0v) is 10.5. The Morgan fingerprint density at radius 3 is 2.74 bits per heavy atom. The number of nitrogens with zero attached hydrogens (tertiary/aromatic N) is 2. The fourth-order valence-corrected chi connectivity index (χ4v) is 1.65. The van der Waals surface area contributed by atoms with Gasteiger partial charge in [0.1, 0.15) is 11.2 Å². The van der Waals surface area contributed by atoms with Gasteiger partial charge in [-0.1, -0.05) is 0 Å². The number of aromatic nitrogens is 2. The number of fused-ring (bicyclic) bond motifs is 1. The number of hydrogen-bond donors (Lipinski definition) is 0. The molecule has 6 nitrogen and oxygen atoms in total. The van der Waals surface area contributed by atoms with Gasteiger partial charge in [-0.05, 0) is 26.0 Å². The molecule has 0 fully saturated rings. The highest BCUT2D eigenvalue weighted by atomic mass is 16.5. The predicted molar refractivity (Wildman–Crippen MR) is 67.4 cm³/mol. The van der Waals surface area contributed by atoms with E-state index in [9.17, 15) is 14.4 Å². The second-order valence-corrected chi connectivity index (χ2v) is 3.90. The Morgan fingerprint density at radius 2 is 2.11 bits per heavy atom. The van der Waals surface area contributed by atoms with Gasteiger partial charge in [0.05, 0.1) is 12.2 Å². The van der Waals surface area contributed by atoms with Crippen LogP contribution in [-0.2, 0) is 4.74 Å². The number of Topliss-reactive ketones (excluding diaryl/α,β-unsaturated/α-hetero) is 1. The van der Waals surface area contributed by atoms with Crippen LogP contribution in [0.1, 0.15) is 34.6 Å². The summed E-state index contributed by atoms with van der Waals surface area (Å²) in [5.41, 5.74) is 0.0872. The SMILES string of the molecule is CCOC(=O)c1ccc2ncc(C(C)=O)c(=O)n2c1. The summed E-state index contributed by atoms with van der Waals surface area (Å²) in [6.45, 7) is 3.23. The van der Waals surface area contributed by atoms with Crippen molar-refractivity contribution in [2.75, 3.05) is 6.61 Å². The fourth-order valence-electron chi connectivity index (χ4n) is 1.65. The zero-order valence-electron chi connectivity index (χ0n) is 10.5. The normalized spacial score (nSPS) is 10.4. The fraction of sp³-hybridized carbons (Fsp3) is 0.231. The minimum atomic E-state index is -0.524. The van der Waals surface area contributed by atoms with E-state index in [-0.39, 0.29) is 23.5 Å². The van der Waals surface area contributed by atoms with Crippen molar-refractivity contribution in [3.05, 3.63) is 46.0 Å². The summed E-state index contributed by atoms with van der Waals surface area (Å²) >= 11 is 0. The smallest absolute Gasteiger partial charge is 0.339 e. The van der Waals surface area contributed by atoms with E-state index >= 15 is 0 Å². The van der Waals surface area contributed by atoms with E-state index in [0.717, 1.165) is 0 Å². The second kappa shape index (κ2) is 5.01. The summed E-state index contributed by atoms with van der Waals surface area (Å²) in [7, 11) is 0. The van der Waals surface area contributed by atoms with E-state index in [1.54, 1.807) is 6.92 Å². The molecule has 0 atom stereocenters. The Kier molecular flexibility index (Phi) is 3.41. The van der Waals surface area contributed by atoms with Crippen molar-refractivity contribution in [3.8, 4) is 0 Å². The zero-order chi connectivity index (χ0) is 14.0. The Morgan fingerprint density at radius 1 is 1.37 bits per heavy atom. The largest absolute Gasteiger partial charge is 0.462 e. The lowest BCUT2D eigenvalue weighted by molar-refractivity contribution is 0.0525. The third-order valence-corrected chi connectivity index (χ3v) is 2.59. The number of carbonyl (C=O) groups excluding carboxylic acids is 2. The lowest BCUT2D eigenvalue weighted by atomic mass is 10.2. The van der Waals surface area contributed by atoms with E-state index in [0.29, 0.717) is 5.65 Å². The number of ether oxygens (including phenoxy) is 1. The average Bonchev–Trinajstić information content (AvgIpc) is 2.38. The summed E-state index contributed by atoms with van der Waals surface area (Å²) in [6, 6.07) is 3.05. The van der Waals surface area contributed by atoms with Gasteiger partial charge in [-0.3, -0.25) is 14.0 Å². The van der Waals surface area contributed by atoms with Gasteiger partial charge in [0.25, 0.3) is 5.56 Å². The molecule has 0 aliphatic carbocycles. The van der Waals surface area contributed by atoms with E-state index in [1.165, 1.54) is 35.9 Å². The molecule has 0 bridgehead atoms. The van der Waals surface area contributed by atoms with Crippen LogP contribution in [0.25, 0.3) is 5.65 Å². The van der Waals surface area contributed by atoms with Gasteiger partial charge in [0.15, 0.2) is 5.78 Å². The standard InChI is InChI=1S/C13H12N2O4/c1-3-19-13(18)9-4-5-11-14-6-10(8(2)16)12(17)15(11)7-9/h4-7H,3H2,1-2H3. The molecule has 98 valence electrons. The van der Waals surface area contributed by atoms with Crippen molar-refractivity contribution in [1.82, 2.24) is 9.38 Å². The van der Waals surface area contributed by atoms with E-state index in [2.05, 4.69) is 4.98 Å². The van der Waals surface area contributed by atoms with Crippen LogP contribution in [0.2, 0.25) is 0 Å². The molecule has 2 rings (SSSR count). The van der Waals surface area contributed by atoms with Gasteiger partial charge in [0.2, 0.25) is 0 Å². The topological polar surface area (TPSA) is 77.7 Å². The molecule has 6 heteroatoms. The molecule has 0 spiro atoms. The highest BCUT2D eigenvalue weighted by Gasteiger charge is 2.12. The summed E-state index contributed by atoms with van der Waals surface area (Å²) in [5, 5.41) is 0. The first kappa shape index (κ1) is 12.9. The van der Waals surface area contributed by atoms with Gasteiger partial charge in [-0.15, -0.1) is 0 Å². The first-order chi connectivity index (χ1) is 9.04. The van der Waals surface area contributed by atoms with Crippen molar-refractivity contribution >= 4 is 17.4 Å². The van der Waals surface area contributed by atoms with Crippen LogP contribution in [0.3, 0.4) is 0 Å². The molecule has 0 saturated heterocycles. The molecular formula is C13H12N2O4. The number of hydrogen-bond acceptors (Lipinski definition) is 5. The third kappa shape index (κ3) is 2.37. The number of carbonyl (C=O) groups is 2. The number of rotatable bonds is 3. The lowest BCUT2D eigenvalue weighted by Crippen LogP contribution is -2.22. The average molecular weight is 260 g/mol. The Bertz CT molecular complexity index is 718. The Hall–Kier alpha value is -2.50. The summed E-state index contributed by atoms with van der Waals surface area (Å²) in [4.78, 5) is 38.9. The first-order valence-corrected chi connectivity index (χ1v) is 5.74. The summed E-state index contributed by atoms with van der Waals surface area (Å²) in [5.74, 6) is -0.891. The molecule has 2 aromatic rings. The molecule has 0 aromatic carbocycles. The van der Waals surface area contributed by atoms with Crippen LogP contribution in [0.5, 0.6) is 0 Å². The van der Waals surface area contributed by atoms with Crippen LogP contribution in [-0.4, -0.2) is 27.7 Å². The molecule has 0 saturated carbocycles. The molecule has 0 amide bonds. The van der Waals surface area contributed by atoms with Gasteiger partial charge in [0, 0.05) is 12.4 Å². The Balaban J connectivity index is 2.64. The van der Waals surface area contributed by atoms with Crippen molar-refractivity contribution in [1.29, 1.82) is 0 Å². The number of pyridine rings is 1. The molecule has 2 heterocycles. The highest BCUT2D eigenvalue weighted by Crippen LogP contribution is 2.05. The van der Waals surface area contributed by atoms with E-state index in [1.807, 2.05) is 0 Å². The maximum atomic E-state index is 12.1. The highest BCUT2D eigenvalue weighted by molar-refractivity contribution is 5.93. The van der Waals surface area contributed by atoms with Crippen molar-refractivity contribution < 1.29 is 14.3 Å². The molecule has 0 unspecified atom stereocenters. The van der Waals surface area contributed by atoms with E-state index in [4.69, 9.17) is 4.74 Å². The minimum Gasteiger partial charge on any atom is -0.462 e. The van der Waals surface area contributed by atoms with Gasteiger partial charge >= 0.3 is 5.97 Å². The maximum absolute atomic E-state index is 12.1. The van der Waals surface area contributed by atoms with Gasteiger partial charge < -0.3 is 4.74 Å². The Labute approximate surface area is 108 Å². The van der Waals surface area contributed by atoms with Gasteiger partial charge in [-0.2, -0.15) is 0 Å². The van der Waals surface area contributed by atoms with Crippen molar-refractivity contribution in [2.24, 2.45) is 0 Å². The number of ketones is 1. The maximum Gasteiger partial charge on any atom is 0.339 e. The molecular weight excluding hydrogens is 248 g/mol. The monoisotopic (exact) mass is 260 g/mol. The molecule has 0 aliphatic heterocycles. The predicted octanol–water partition coefficient (Wildman–Crippen LogP) is 1.07. The van der Waals surface area contributed by atoms with Crippen LogP contribution in [0.15, 0.2) is 29.3 Å². The van der Waals surface area contributed by atoms with E-state index < -0.39 is 11.5 Å². The van der Waals surface area contributed by atoms with Crippen LogP contribution < -0.4 is 5.56 Å². The van der Waals surface area contributed by atoms with Crippen LogP contribution in [0.4, 0.5) is 0 Å². The molecule has 0 radical (unpaired) electrons. The van der Waals surface area contributed by atoms with Crippen LogP contribution in [0, 0.1) is 0 Å². The quantitative estimate of drug-likeness (QED) is 0.609. The van der Waals surface area contributed by atoms with Crippen molar-refractivity contribution in [2.45, 2.75) is 13.8 Å². The van der Waals surface area contributed by atoms with Crippen molar-refractivity contribution in [3.63, 3.8) is 0 Å². The van der Waals surface area contributed by atoms with Gasteiger partial charge in [-0.25, -0.2) is 9.78 Å².